The van der Waals surface area contributed by atoms with Gasteiger partial charge in [-0.15, -0.1) is 0 Å². The van der Waals surface area contributed by atoms with Crippen LogP contribution in [0.4, 0.5) is 16.3 Å². The van der Waals surface area contributed by atoms with Gasteiger partial charge in [0.1, 0.15) is 46.9 Å². The van der Waals surface area contributed by atoms with Crippen molar-refractivity contribution in [1.82, 2.24) is 39.4 Å². The Morgan fingerprint density at radius 1 is 1.00 bits per heavy atom. The fourth-order valence-electron chi connectivity index (χ4n) is 5.94. The number of ether oxygens (including phenoxy) is 3. The highest BCUT2D eigenvalue weighted by atomic mass is 16.6. The Balaban J connectivity index is 1.05. The Bertz CT molecular complexity index is 1840. The lowest BCUT2D eigenvalue weighted by molar-refractivity contribution is -0.00814. The van der Waals surface area contributed by atoms with E-state index in [2.05, 4.69) is 30.4 Å². The third-order valence-corrected chi connectivity index (χ3v) is 7.84. The zero-order valence-corrected chi connectivity index (χ0v) is 25.0. The summed E-state index contributed by atoms with van der Waals surface area (Å²) in [6.07, 6.45) is 9.35. The van der Waals surface area contributed by atoms with E-state index in [1.807, 2.05) is 62.9 Å². The number of hydrogen-bond acceptors (Lipinski definition) is 11. The molecule has 44 heavy (non-hydrogen) atoms. The van der Waals surface area contributed by atoms with E-state index in [1.165, 1.54) is 12.7 Å². The topological polar surface area (TPSA) is 142 Å². The highest BCUT2D eigenvalue weighted by Gasteiger charge is 2.45. The molecule has 5 aromatic rings. The van der Waals surface area contributed by atoms with Crippen LogP contribution in [-0.2, 0) is 4.74 Å². The monoisotopic (exact) mass is 595 g/mol. The maximum Gasteiger partial charge on any atom is 0.410 e. The molecule has 226 valence electrons. The number of anilines is 2. The van der Waals surface area contributed by atoms with Gasteiger partial charge in [0.25, 0.3) is 0 Å². The molecule has 0 saturated carbocycles. The average molecular weight is 596 g/mol. The molecule has 2 atom stereocenters. The molecular weight excluding hydrogens is 562 g/mol. The predicted octanol–water partition coefficient (Wildman–Crippen LogP) is 5.62. The normalized spacial score (nSPS) is 19.7. The summed E-state index contributed by atoms with van der Waals surface area (Å²) in [7, 11) is 0. The first-order valence-corrected chi connectivity index (χ1v) is 14.7. The second kappa shape index (κ2) is 10.9. The summed E-state index contributed by atoms with van der Waals surface area (Å²) >= 11 is 0. The van der Waals surface area contributed by atoms with Crippen molar-refractivity contribution in [3.63, 3.8) is 0 Å². The van der Waals surface area contributed by atoms with Crippen LogP contribution in [-0.4, -0.2) is 69.3 Å². The number of fused-ring (bicyclic) bond motifs is 4. The number of nitrogens with zero attached hydrogens (tertiary/aromatic N) is 8. The molecule has 2 fully saturated rings. The zero-order valence-electron chi connectivity index (χ0n) is 25.0. The van der Waals surface area contributed by atoms with Crippen molar-refractivity contribution < 1.29 is 19.0 Å². The van der Waals surface area contributed by atoms with Gasteiger partial charge in [-0.25, -0.2) is 29.2 Å². The summed E-state index contributed by atoms with van der Waals surface area (Å²) in [5.41, 5.74) is 3.06. The molecule has 1 aromatic carbocycles. The molecule has 2 aliphatic heterocycles. The number of amides is 1. The standard InChI is InChI=1S/C31H33N9O4/c1-18-11-19(5-8-25(18)42-22-9-10-39-26(14-22)34-17-36-39)37-28-27-24(33-16-35-28)15-32-29(38-27)43-23-12-20-6-7-21(13-23)40(20)30(41)44-31(2,3)4/h5,8-11,14-17,20-21,23H,6-7,12-13H2,1-4H3,(H,33,35,37). The zero-order chi connectivity index (χ0) is 30.4. The van der Waals surface area contributed by atoms with Gasteiger partial charge in [0.2, 0.25) is 0 Å². The fraction of sp³-hybridized carbons (Fsp3) is 0.387. The van der Waals surface area contributed by atoms with E-state index in [-0.39, 0.29) is 30.3 Å². The van der Waals surface area contributed by atoms with Gasteiger partial charge in [-0.05, 0) is 70.4 Å². The first-order chi connectivity index (χ1) is 21.2. The largest absolute Gasteiger partial charge is 0.460 e. The van der Waals surface area contributed by atoms with Crippen LogP contribution < -0.4 is 14.8 Å². The third-order valence-electron chi connectivity index (χ3n) is 7.84. The van der Waals surface area contributed by atoms with E-state index in [0.29, 0.717) is 41.1 Å². The number of carbonyl (C=O) groups is 1. The lowest BCUT2D eigenvalue weighted by Gasteiger charge is -2.39. The quantitative estimate of drug-likeness (QED) is 0.261. The van der Waals surface area contributed by atoms with Gasteiger partial charge in [-0.1, -0.05) is 0 Å². The molecule has 4 aromatic heterocycles. The van der Waals surface area contributed by atoms with Crippen molar-refractivity contribution in [2.24, 2.45) is 0 Å². The lowest BCUT2D eigenvalue weighted by Crippen LogP contribution is -2.50. The fourth-order valence-corrected chi connectivity index (χ4v) is 5.94. The Labute approximate surface area is 253 Å². The second-order valence-electron chi connectivity index (χ2n) is 12.2. The van der Waals surface area contributed by atoms with E-state index < -0.39 is 5.60 Å². The summed E-state index contributed by atoms with van der Waals surface area (Å²) < 4.78 is 19.7. The van der Waals surface area contributed by atoms with Gasteiger partial charge in [-0.3, -0.25) is 0 Å². The van der Waals surface area contributed by atoms with Crippen LogP contribution in [0.25, 0.3) is 16.7 Å². The molecule has 13 nitrogen and oxygen atoms in total. The first-order valence-electron chi connectivity index (χ1n) is 14.7. The number of aromatic nitrogens is 7. The molecule has 7 rings (SSSR count). The number of hydrogen-bond donors (Lipinski definition) is 1. The van der Waals surface area contributed by atoms with Crippen molar-refractivity contribution in [2.45, 2.75) is 77.2 Å². The molecular formula is C31H33N9O4. The van der Waals surface area contributed by atoms with Crippen LogP contribution in [0.1, 0.15) is 52.0 Å². The summed E-state index contributed by atoms with van der Waals surface area (Å²) in [6, 6.07) is 9.89. The number of nitrogens with one attached hydrogen (secondary N) is 1. The predicted molar refractivity (Wildman–Crippen MR) is 161 cm³/mol. The minimum atomic E-state index is -0.528. The lowest BCUT2D eigenvalue weighted by atomic mass is 10.0. The van der Waals surface area contributed by atoms with Crippen LogP contribution >= 0.6 is 0 Å². The molecule has 2 saturated heterocycles. The Hall–Kier alpha value is -5.07. The number of carbonyl (C=O) groups excluding carboxylic acids is 1. The van der Waals surface area contributed by atoms with Gasteiger partial charge in [-0.2, -0.15) is 10.1 Å². The summed E-state index contributed by atoms with van der Waals surface area (Å²) in [5, 5.41) is 7.48. The summed E-state index contributed by atoms with van der Waals surface area (Å²) in [6.45, 7) is 7.64. The maximum atomic E-state index is 12.8. The second-order valence-corrected chi connectivity index (χ2v) is 12.2. The molecule has 2 unspecified atom stereocenters. The number of rotatable bonds is 6. The van der Waals surface area contributed by atoms with Gasteiger partial charge in [0.15, 0.2) is 11.5 Å². The van der Waals surface area contributed by atoms with Crippen LogP contribution in [0.5, 0.6) is 17.5 Å². The minimum Gasteiger partial charge on any atom is -0.460 e. The smallest absolute Gasteiger partial charge is 0.410 e. The highest BCUT2D eigenvalue weighted by Crippen LogP contribution is 2.38. The van der Waals surface area contributed by atoms with Gasteiger partial charge in [0.05, 0.1) is 6.20 Å². The Kier molecular flexibility index (Phi) is 6.87. The molecule has 6 heterocycles. The molecule has 0 spiro atoms. The number of aryl methyl sites for hydroxylation is 1. The third kappa shape index (κ3) is 5.64. The molecule has 0 radical (unpaired) electrons. The van der Waals surface area contributed by atoms with Crippen molar-refractivity contribution in [3.8, 4) is 17.5 Å². The number of benzene rings is 1. The first kappa shape index (κ1) is 27.7. The average Bonchev–Trinajstić information content (AvgIpc) is 3.55. The van der Waals surface area contributed by atoms with Gasteiger partial charge in [0, 0.05) is 42.9 Å². The summed E-state index contributed by atoms with van der Waals surface area (Å²) in [5.74, 6) is 1.92. The van der Waals surface area contributed by atoms with Crippen LogP contribution in [0.2, 0.25) is 0 Å². The van der Waals surface area contributed by atoms with Crippen LogP contribution in [0.3, 0.4) is 0 Å². The SMILES string of the molecule is Cc1cc(Nc2ncnc3cnc(OC4CC5CCC(C4)N5C(=O)OC(C)(C)C)nc23)ccc1Oc1ccn2ncnc2c1. The van der Waals surface area contributed by atoms with Crippen LogP contribution in [0.15, 0.2) is 55.4 Å². The van der Waals surface area contributed by atoms with Crippen LogP contribution in [0, 0.1) is 6.92 Å². The van der Waals surface area contributed by atoms with Gasteiger partial charge < -0.3 is 24.4 Å². The molecule has 13 heteroatoms. The summed E-state index contributed by atoms with van der Waals surface area (Å²) in [4.78, 5) is 36.8. The Morgan fingerprint density at radius 2 is 1.82 bits per heavy atom. The molecule has 0 aliphatic carbocycles. The molecule has 2 bridgehead atoms. The minimum absolute atomic E-state index is 0.0791. The maximum absolute atomic E-state index is 12.8. The van der Waals surface area contributed by atoms with Crippen molar-refractivity contribution in [3.05, 3.63) is 60.9 Å². The van der Waals surface area contributed by atoms with E-state index in [0.717, 1.165) is 29.8 Å². The molecule has 1 amide bonds. The van der Waals surface area contributed by atoms with E-state index in [4.69, 9.17) is 19.2 Å². The number of piperidine rings is 1. The van der Waals surface area contributed by atoms with E-state index >= 15 is 0 Å². The van der Waals surface area contributed by atoms with E-state index in [9.17, 15) is 4.79 Å². The molecule has 2 aliphatic rings. The van der Waals surface area contributed by atoms with E-state index in [1.54, 1.807) is 16.9 Å². The molecule has 1 N–H and O–H groups in total. The van der Waals surface area contributed by atoms with Crippen molar-refractivity contribution in [1.29, 1.82) is 0 Å². The van der Waals surface area contributed by atoms with Crippen molar-refractivity contribution in [2.75, 3.05) is 5.32 Å². The van der Waals surface area contributed by atoms with Crippen molar-refractivity contribution >= 4 is 34.3 Å². The Morgan fingerprint density at radius 3 is 2.59 bits per heavy atom. The van der Waals surface area contributed by atoms with Gasteiger partial charge >= 0.3 is 12.1 Å². The number of pyridine rings is 1. The highest BCUT2D eigenvalue weighted by molar-refractivity contribution is 5.86.